The summed E-state index contributed by atoms with van der Waals surface area (Å²) in [6.07, 6.45) is 4.04. The normalized spacial score (nSPS) is 16.4. The molecule has 2 aromatic carbocycles. The van der Waals surface area contributed by atoms with Gasteiger partial charge in [-0.3, -0.25) is 9.59 Å². The highest BCUT2D eigenvalue weighted by molar-refractivity contribution is 5.81. The Balaban J connectivity index is 1.32. The third-order valence-corrected chi connectivity index (χ3v) is 7.39. The maximum Gasteiger partial charge on any atom is 0.407 e. The Morgan fingerprint density at radius 3 is 2.23 bits per heavy atom. The highest BCUT2D eigenvalue weighted by Crippen LogP contribution is 2.44. The van der Waals surface area contributed by atoms with Crippen molar-refractivity contribution in [2.45, 2.75) is 63.8 Å². The number of alkyl carbamates (subject to hydrolysis) is 1. The molecule has 35 heavy (non-hydrogen) atoms. The van der Waals surface area contributed by atoms with Crippen molar-refractivity contribution in [3.8, 4) is 11.1 Å². The molecule has 0 spiro atoms. The molecule has 0 bridgehead atoms. The summed E-state index contributed by atoms with van der Waals surface area (Å²) in [6, 6.07) is 16.0. The first-order valence-electron chi connectivity index (χ1n) is 12.5. The Morgan fingerprint density at radius 1 is 1.06 bits per heavy atom. The zero-order valence-corrected chi connectivity index (χ0v) is 20.2. The number of nitrogens with one attached hydrogen (secondary N) is 2. The van der Waals surface area contributed by atoms with Crippen LogP contribution in [-0.4, -0.2) is 42.3 Å². The summed E-state index contributed by atoms with van der Waals surface area (Å²) in [7, 11) is 0. The molecule has 0 aromatic heterocycles. The fourth-order valence-corrected chi connectivity index (χ4v) is 5.12. The first kappa shape index (κ1) is 24.8. The topological polar surface area (TPSA) is 105 Å². The van der Waals surface area contributed by atoms with Gasteiger partial charge in [0.05, 0.1) is 5.41 Å². The van der Waals surface area contributed by atoms with Gasteiger partial charge < -0.3 is 20.5 Å². The number of hydrogen-bond donors (Lipinski definition) is 3. The molecule has 0 aliphatic heterocycles. The molecule has 0 heterocycles. The van der Waals surface area contributed by atoms with Crippen LogP contribution in [0.1, 0.15) is 68.9 Å². The minimum absolute atomic E-state index is 0.0276. The first-order valence-corrected chi connectivity index (χ1v) is 12.5. The maximum absolute atomic E-state index is 12.7. The number of unbranched alkanes of at least 4 members (excludes halogenated alkanes) is 1. The molecule has 1 saturated carbocycles. The molecule has 186 valence electrons. The number of rotatable bonds is 11. The number of ether oxygens (including phenoxy) is 1. The average molecular weight is 479 g/mol. The van der Waals surface area contributed by atoms with E-state index in [1.54, 1.807) is 0 Å². The van der Waals surface area contributed by atoms with E-state index >= 15 is 0 Å². The van der Waals surface area contributed by atoms with E-state index in [-0.39, 0.29) is 37.4 Å². The lowest BCUT2D eigenvalue weighted by Gasteiger charge is -2.37. The standard InChI is InChI=1S/C28H34N2O5/c1-2-3-9-19(16-25(31)29-18-28(26(32)33)14-8-15-28)30-27(34)35-17-24-22-12-6-4-10-20(22)21-11-5-7-13-23(21)24/h4-7,10-13,19,24H,2-3,8-9,14-18H2,1H3,(H,29,31)(H,30,34)(H,32,33). The highest BCUT2D eigenvalue weighted by atomic mass is 16.5. The monoisotopic (exact) mass is 478 g/mol. The molecule has 2 amide bonds. The van der Waals surface area contributed by atoms with Gasteiger partial charge in [0, 0.05) is 24.9 Å². The Hall–Kier alpha value is -3.35. The molecule has 7 nitrogen and oxygen atoms in total. The van der Waals surface area contributed by atoms with E-state index in [4.69, 9.17) is 4.74 Å². The predicted octanol–water partition coefficient (Wildman–Crippen LogP) is 4.85. The lowest BCUT2D eigenvalue weighted by Crippen LogP contribution is -2.48. The van der Waals surface area contributed by atoms with Crippen LogP contribution in [-0.2, 0) is 14.3 Å². The van der Waals surface area contributed by atoms with E-state index in [9.17, 15) is 19.5 Å². The van der Waals surface area contributed by atoms with Crippen LogP contribution in [0.25, 0.3) is 11.1 Å². The van der Waals surface area contributed by atoms with Crippen molar-refractivity contribution in [3.63, 3.8) is 0 Å². The van der Waals surface area contributed by atoms with Gasteiger partial charge in [0.15, 0.2) is 0 Å². The molecule has 0 radical (unpaired) electrons. The van der Waals surface area contributed by atoms with Gasteiger partial charge in [-0.15, -0.1) is 0 Å². The molecular formula is C28H34N2O5. The quantitative estimate of drug-likeness (QED) is 0.428. The van der Waals surface area contributed by atoms with Gasteiger partial charge in [-0.2, -0.15) is 0 Å². The van der Waals surface area contributed by atoms with E-state index in [0.29, 0.717) is 19.3 Å². The summed E-state index contributed by atoms with van der Waals surface area (Å²) in [5.41, 5.74) is 3.79. The minimum Gasteiger partial charge on any atom is -0.481 e. The number of carboxylic acid groups (broad SMARTS) is 1. The van der Waals surface area contributed by atoms with Crippen molar-refractivity contribution in [1.29, 1.82) is 0 Å². The molecule has 4 rings (SSSR count). The van der Waals surface area contributed by atoms with Crippen molar-refractivity contribution in [1.82, 2.24) is 10.6 Å². The molecule has 2 aliphatic rings. The van der Waals surface area contributed by atoms with Gasteiger partial charge in [0.2, 0.25) is 5.91 Å². The molecule has 1 atom stereocenters. The summed E-state index contributed by atoms with van der Waals surface area (Å²) in [4.78, 5) is 36.8. The number of carbonyl (C=O) groups excluding carboxylic acids is 2. The number of carbonyl (C=O) groups is 3. The van der Waals surface area contributed by atoms with Gasteiger partial charge in [-0.05, 0) is 41.5 Å². The number of aliphatic carboxylic acids is 1. The van der Waals surface area contributed by atoms with Gasteiger partial charge in [0.25, 0.3) is 0 Å². The van der Waals surface area contributed by atoms with Crippen molar-refractivity contribution in [2.24, 2.45) is 5.41 Å². The Bertz CT molecular complexity index is 1030. The van der Waals surface area contributed by atoms with Crippen LogP contribution in [0.15, 0.2) is 48.5 Å². The number of hydrogen-bond acceptors (Lipinski definition) is 4. The Labute approximate surface area is 206 Å². The zero-order chi connectivity index (χ0) is 24.8. The minimum atomic E-state index is -0.858. The van der Waals surface area contributed by atoms with E-state index in [0.717, 1.165) is 30.4 Å². The third-order valence-electron chi connectivity index (χ3n) is 7.39. The van der Waals surface area contributed by atoms with E-state index in [2.05, 4.69) is 41.8 Å². The third kappa shape index (κ3) is 5.50. The van der Waals surface area contributed by atoms with Crippen LogP contribution in [0.4, 0.5) is 4.79 Å². The summed E-state index contributed by atoms with van der Waals surface area (Å²) in [5.74, 6) is -1.14. The average Bonchev–Trinajstić information content (AvgIpc) is 3.14. The highest BCUT2D eigenvalue weighted by Gasteiger charge is 2.44. The molecule has 7 heteroatoms. The molecular weight excluding hydrogens is 444 g/mol. The second-order valence-electron chi connectivity index (χ2n) is 9.73. The summed E-state index contributed by atoms with van der Waals surface area (Å²) < 4.78 is 5.64. The SMILES string of the molecule is CCCCC(CC(=O)NCC1(C(=O)O)CCC1)NC(=O)OCC1c2ccccc2-c2ccccc21. The van der Waals surface area contributed by atoms with Crippen LogP contribution in [0.3, 0.4) is 0 Å². The predicted molar refractivity (Wildman–Crippen MR) is 133 cm³/mol. The second-order valence-corrected chi connectivity index (χ2v) is 9.73. The molecule has 0 saturated heterocycles. The number of benzene rings is 2. The summed E-state index contributed by atoms with van der Waals surface area (Å²) in [6.45, 7) is 2.40. The Morgan fingerprint density at radius 2 is 1.69 bits per heavy atom. The van der Waals surface area contributed by atoms with Crippen molar-refractivity contribution in [3.05, 3.63) is 59.7 Å². The number of carboxylic acids is 1. The van der Waals surface area contributed by atoms with E-state index in [1.807, 2.05) is 24.3 Å². The van der Waals surface area contributed by atoms with Crippen molar-refractivity contribution in [2.75, 3.05) is 13.2 Å². The van der Waals surface area contributed by atoms with Gasteiger partial charge in [-0.25, -0.2) is 4.79 Å². The maximum atomic E-state index is 12.7. The summed E-state index contributed by atoms with van der Waals surface area (Å²) >= 11 is 0. The molecule has 3 N–H and O–H groups in total. The molecule has 1 fully saturated rings. The molecule has 2 aliphatic carbocycles. The lowest BCUT2D eigenvalue weighted by atomic mass is 9.69. The summed E-state index contributed by atoms with van der Waals surface area (Å²) in [5, 5.41) is 15.1. The smallest absolute Gasteiger partial charge is 0.407 e. The van der Waals surface area contributed by atoms with Crippen LogP contribution in [0.2, 0.25) is 0 Å². The fraction of sp³-hybridized carbons (Fsp3) is 0.464. The first-order chi connectivity index (χ1) is 16.9. The largest absolute Gasteiger partial charge is 0.481 e. The Kier molecular flexibility index (Phi) is 7.73. The second kappa shape index (κ2) is 10.9. The molecule has 1 unspecified atom stereocenters. The van der Waals surface area contributed by atoms with Crippen LogP contribution >= 0.6 is 0 Å². The van der Waals surface area contributed by atoms with Gasteiger partial charge >= 0.3 is 12.1 Å². The lowest BCUT2D eigenvalue weighted by molar-refractivity contribution is -0.154. The van der Waals surface area contributed by atoms with E-state index in [1.165, 1.54) is 11.1 Å². The van der Waals surface area contributed by atoms with Crippen molar-refractivity contribution < 1.29 is 24.2 Å². The van der Waals surface area contributed by atoms with Crippen molar-refractivity contribution >= 4 is 18.0 Å². The van der Waals surface area contributed by atoms with Crippen LogP contribution < -0.4 is 10.6 Å². The fourth-order valence-electron chi connectivity index (χ4n) is 5.12. The van der Waals surface area contributed by atoms with Gasteiger partial charge in [-0.1, -0.05) is 74.7 Å². The van der Waals surface area contributed by atoms with E-state index < -0.39 is 17.5 Å². The number of fused-ring (bicyclic) bond motifs is 3. The van der Waals surface area contributed by atoms with Gasteiger partial charge in [0.1, 0.15) is 6.61 Å². The van der Waals surface area contributed by atoms with Crippen LogP contribution in [0.5, 0.6) is 0 Å². The molecule has 2 aromatic rings. The number of amides is 2. The zero-order valence-electron chi connectivity index (χ0n) is 20.2. The van der Waals surface area contributed by atoms with Crippen LogP contribution in [0, 0.1) is 5.41 Å².